The Morgan fingerprint density at radius 1 is 1.36 bits per heavy atom. The Hall–Kier alpha value is -0.890. The van der Waals surface area contributed by atoms with Crippen molar-refractivity contribution in [2.24, 2.45) is 11.7 Å². The monoisotopic (exact) mass is 192 g/mol. The average molecular weight is 192 g/mol. The lowest BCUT2D eigenvalue weighted by molar-refractivity contribution is 0.496. The van der Waals surface area contributed by atoms with Crippen LogP contribution in [0.25, 0.3) is 0 Å². The van der Waals surface area contributed by atoms with Crippen LogP contribution in [-0.2, 0) is 0 Å². The van der Waals surface area contributed by atoms with Gasteiger partial charge in [0, 0.05) is 23.9 Å². The van der Waals surface area contributed by atoms with Gasteiger partial charge in [0.05, 0.1) is 0 Å². The van der Waals surface area contributed by atoms with Crippen molar-refractivity contribution in [1.29, 1.82) is 0 Å². The molecule has 0 radical (unpaired) electrons. The first-order chi connectivity index (χ1) is 6.63. The number of hydrogen-bond donors (Lipinski definition) is 1. The predicted molar refractivity (Wildman–Crippen MR) is 60.2 cm³/mol. The molecule has 0 aliphatic carbocycles. The number of nitrogens with two attached hydrogens (primary N) is 1. The zero-order valence-corrected chi connectivity index (χ0v) is 9.33. The zero-order chi connectivity index (χ0) is 10.6. The van der Waals surface area contributed by atoms with Gasteiger partial charge in [0.25, 0.3) is 0 Å². The molecule has 0 aromatic carbocycles. The largest absolute Gasteiger partial charge is 0.330 e. The highest BCUT2D eigenvalue weighted by molar-refractivity contribution is 5.14. The molecule has 0 spiro atoms. The van der Waals surface area contributed by atoms with E-state index in [1.54, 1.807) is 0 Å². The van der Waals surface area contributed by atoms with Crippen molar-refractivity contribution < 1.29 is 0 Å². The van der Waals surface area contributed by atoms with Crippen molar-refractivity contribution in [2.45, 2.75) is 33.1 Å². The van der Waals surface area contributed by atoms with Crippen LogP contribution in [0.5, 0.6) is 0 Å². The van der Waals surface area contributed by atoms with E-state index in [0.29, 0.717) is 18.4 Å². The third kappa shape index (κ3) is 3.11. The second-order valence-electron chi connectivity index (χ2n) is 4.27. The summed E-state index contributed by atoms with van der Waals surface area (Å²) in [5, 5.41) is 0. The second-order valence-corrected chi connectivity index (χ2v) is 4.27. The van der Waals surface area contributed by atoms with Gasteiger partial charge in [-0.15, -0.1) is 0 Å². The topological polar surface area (TPSA) is 38.9 Å². The molecule has 0 saturated heterocycles. The Morgan fingerprint density at radius 2 is 2.07 bits per heavy atom. The number of rotatable bonds is 4. The molecule has 2 heteroatoms. The number of nitrogens with zero attached hydrogens (tertiary/aromatic N) is 1. The molecule has 2 nitrogen and oxygen atoms in total. The van der Waals surface area contributed by atoms with Crippen LogP contribution in [-0.4, -0.2) is 11.5 Å². The fourth-order valence-corrected chi connectivity index (χ4v) is 1.70. The van der Waals surface area contributed by atoms with Crippen LogP contribution in [0.3, 0.4) is 0 Å². The standard InChI is InChI=1S/C12H20N2/c1-9(2)7-11(8-13)12-6-4-5-10(3)14-12/h4-6,9,11H,7-8,13H2,1-3H3. The lowest BCUT2D eigenvalue weighted by atomic mass is 9.94. The molecular formula is C12H20N2. The molecule has 0 aliphatic heterocycles. The fourth-order valence-electron chi connectivity index (χ4n) is 1.70. The lowest BCUT2D eigenvalue weighted by Crippen LogP contribution is -2.16. The normalized spacial score (nSPS) is 13.2. The van der Waals surface area contributed by atoms with E-state index in [4.69, 9.17) is 5.73 Å². The van der Waals surface area contributed by atoms with Gasteiger partial charge in [0.2, 0.25) is 0 Å². The van der Waals surface area contributed by atoms with E-state index in [1.165, 1.54) is 0 Å². The Balaban J connectivity index is 2.78. The van der Waals surface area contributed by atoms with E-state index in [0.717, 1.165) is 17.8 Å². The van der Waals surface area contributed by atoms with Crippen LogP contribution in [0.2, 0.25) is 0 Å². The summed E-state index contributed by atoms with van der Waals surface area (Å²) in [6, 6.07) is 6.15. The number of pyridine rings is 1. The predicted octanol–water partition coefficient (Wildman–Crippen LogP) is 2.48. The summed E-state index contributed by atoms with van der Waals surface area (Å²) in [4.78, 5) is 4.52. The molecule has 0 bridgehead atoms. The van der Waals surface area contributed by atoms with Crippen molar-refractivity contribution >= 4 is 0 Å². The highest BCUT2D eigenvalue weighted by Crippen LogP contribution is 2.20. The van der Waals surface area contributed by atoms with Crippen LogP contribution in [0.4, 0.5) is 0 Å². The van der Waals surface area contributed by atoms with Crippen molar-refractivity contribution in [1.82, 2.24) is 4.98 Å². The zero-order valence-electron chi connectivity index (χ0n) is 9.33. The lowest BCUT2D eigenvalue weighted by Gasteiger charge is -2.16. The number of aromatic nitrogens is 1. The highest BCUT2D eigenvalue weighted by Gasteiger charge is 2.12. The van der Waals surface area contributed by atoms with Crippen molar-refractivity contribution in [3.05, 3.63) is 29.6 Å². The van der Waals surface area contributed by atoms with Gasteiger partial charge in [-0.05, 0) is 31.4 Å². The van der Waals surface area contributed by atoms with Crippen LogP contribution < -0.4 is 5.73 Å². The Morgan fingerprint density at radius 3 is 2.57 bits per heavy atom. The van der Waals surface area contributed by atoms with Crippen LogP contribution >= 0.6 is 0 Å². The van der Waals surface area contributed by atoms with E-state index in [9.17, 15) is 0 Å². The molecule has 1 unspecified atom stereocenters. The van der Waals surface area contributed by atoms with E-state index < -0.39 is 0 Å². The second kappa shape index (κ2) is 5.11. The third-order valence-electron chi connectivity index (χ3n) is 2.37. The summed E-state index contributed by atoms with van der Waals surface area (Å²) in [7, 11) is 0. The summed E-state index contributed by atoms with van der Waals surface area (Å²) in [5.41, 5.74) is 7.98. The van der Waals surface area contributed by atoms with Crippen molar-refractivity contribution in [2.75, 3.05) is 6.54 Å². The van der Waals surface area contributed by atoms with Gasteiger partial charge in [-0.3, -0.25) is 4.98 Å². The third-order valence-corrected chi connectivity index (χ3v) is 2.37. The molecule has 0 saturated carbocycles. The fraction of sp³-hybridized carbons (Fsp3) is 0.583. The smallest absolute Gasteiger partial charge is 0.0450 e. The maximum absolute atomic E-state index is 5.76. The Labute approximate surface area is 86.5 Å². The quantitative estimate of drug-likeness (QED) is 0.796. The molecule has 0 fully saturated rings. The summed E-state index contributed by atoms with van der Waals surface area (Å²) >= 11 is 0. The van der Waals surface area contributed by atoms with E-state index in [2.05, 4.69) is 31.0 Å². The maximum Gasteiger partial charge on any atom is 0.0450 e. The molecule has 0 aliphatic rings. The molecule has 14 heavy (non-hydrogen) atoms. The molecule has 78 valence electrons. The molecule has 1 heterocycles. The SMILES string of the molecule is Cc1cccc(C(CN)CC(C)C)n1. The van der Waals surface area contributed by atoms with Gasteiger partial charge in [-0.1, -0.05) is 19.9 Å². The van der Waals surface area contributed by atoms with Crippen LogP contribution in [0, 0.1) is 12.8 Å². The molecule has 1 aromatic heterocycles. The van der Waals surface area contributed by atoms with Crippen LogP contribution in [0.1, 0.15) is 37.6 Å². The van der Waals surface area contributed by atoms with Gasteiger partial charge < -0.3 is 5.73 Å². The summed E-state index contributed by atoms with van der Waals surface area (Å²) in [6.45, 7) is 7.15. The van der Waals surface area contributed by atoms with Gasteiger partial charge in [-0.25, -0.2) is 0 Å². The molecule has 1 aromatic rings. The van der Waals surface area contributed by atoms with Gasteiger partial charge in [-0.2, -0.15) is 0 Å². The van der Waals surface area contributed by atoms with E-state index >= 15 is 0 Å². The average Bonchev–Trinajstić information content (AvgIpc) is 2.14. The van der Waals surface area contributed by atoms with Crippen molar-refractivity contribution in [3.63, 3.8) is 0 Å². The summed E-state index contributed by atoms with van der Waals surface area (Å²) in [6.07, 6.45) is 1.12. The summed E-state index contributed by atoms with van der Waals surface area (Å²) in [5.74, 6) is 1.08. The van der Waals surface area contributed by atoms with Gasteiger partial charge >= 0.3 is 0 Å². The molecule has 2 N–H and O–H groups in total. The Kier molecular flexibility index (Phi) is 4.08. The minimum Gasteiger partial charge on any atom is -0.330 e. The molecule has 0 amide bonds. The van der Waals surface area contributed by atoms with Gasteiger partial charge in [0.15, 0.2) is 0 Å². The first-order valence-corrected chi connectivity index (χ1v) is 5.27. The molecular weight excluding hydrogens is 172 g/mol. The highest BCUT2D eigenvalue weighted by atomic mass is 14.7. The Bertz CT molecular complexity index is 281. The minimum atomic E-state index is 0.412. The van der Waals surface area contributed by atoms with Crippen molar-refractivity contribution in [3.8, 4) is 0 Å². The summed E-state index contributed by atoms with van der Waals surface area (Å²) < 4.78 is 0. The first kappa shape index (κ1) is 11.2. The molecule has 1 rings (SSSR count). The maximum atomic E-state index is 5.76. The minimum absolute atomic E-state index is 0.412. The first-order valence-electron chi connectivity index (χ1n) is 5.27. The van der Waals surface area contributed by atoms with Crippen LogP contribution in [0.15, 0.2) is 18.2 Å². The van der Waals surface area contributed by atoms with E-state index in [1.807, 2.05) is 13.0 Å². The molecule has 1 atom stereocenters. The van der Waals surface area contributed by atoms with E-state index in [-0.39, 0.29) is 0 Å². The van der Waals surface area contributed by atoms with Gasteiger partial charge in [0.1, 0.15) is 0 Å². The number of hydrogen-bond acceptors (Lipinski definition) is 2. The number of aryl methyl sites for hydroxylation is 1.